The van der Waals surface area contributed by atoms with E-state index in [1.54, 1.807) is 6.92 Å². The third-order valence-corrected chi connectivity index (χ3v) is 3.04. The van der Waals surface area contributed by atoms with E-state index in [9.17, 15) is 13.2 Å². The number of alkyl halides is 3. The minimum absolute atomic E-state index is 0.0922. The molecule has 1 saturated carbocycles. The van der Waals surface area contributed by atoms with Gasteiger partial charge in [-0.2, -0.15) is 13.2 Å². The van der Waals surface area contributed by atoms with Crippen LogP contribution in [0, 0.1) is 0 Å². The number of halogens is 3. The van der Waals surface area contributed by atoms with Crippen molar-refractivity contribution in [3.05, 3.63) is 0 Å². The topological polar surface area (TPSA) is 29.3 Å². The van der Waals surface area contributed by atoms with E-state index in [-0.39, 0.29) is 12.1 Å². The largest absolute Gasteiger partial charge is 0.401 e. The van der Waals surface area contributed by atoms with Crippen LogP contribution < -0.4 is 5.73 Å². The molecule has 0 saturated heterocycles. The van der Waals surface area contributed by atoms with Crippen LogP contribution >= 0.6 is 0 Å². The number of nitrogens with zero attached hydrogens (tertiary/aromatic N) is 1. The maximum atomic E-state index is 12.3. The third-order valence-electron chi connectivity index (χ3n) is 3.04. The van der Waals surface area contributed by atoms with Crippen molar-refractivity contribution in [2.75, 3.05) is 13.1 Å². The zero-order chi connectivity index (χ0) is 11.5. The van der Waals surface area contributed by atoms with Crippen LogP contribution in [-0.2, 0) is 0 Å². The van der Waals surface area contributed by atoms with E-state index in [4.69, 9.17) is 5.73 Å². The van der Waals surface area contributed by atoms with E-state index in [0.717, 1.165) is 25.7 Å². The van der Waals surface area contributed by atoms with Gasteiger partial charge in [-0.05, 0) is 19.4 Å². The summed E-state index contributed by atoms with van der Waals surface area (Å²) in [7, 11) is 0. The summed E-state index contributed by atoms with van der Waals surface area (Å²) in [6, 6.07) is -0.188. The molecule has 2 atom stereocenters. The molecule has 0 heterocycles. The Hall–Kier alpha value is -0.290. The highest BCUT2D eigenvalue weighted by atomic mass is 19.4. The van der Waals surface area contributed by atoms with Gasteiger partial charge in [-0.25, -0.2) is 0 Å². The third kappa shape index (κ3) is 3.99. The van der Waals surface area contributed by atoms with Crippen LogP contribution in [0.3, 0.4) is 0 Å². The molecule has 5 heteroatoms. The first-order chi connectivity index (χ1) is 6.94. The molecule has 0 amide bonds. The van der Waals surface area contributed by atoms with Gasteiger partial charge in [0.1, 0.15) is 0 Å². The first-order valence-electron chi connectivity index (χ1n) is 5.50. The van der Waals surface area contributed by atoms with Crippen molar-refractivity contribution in [2.45, 2.75) is 50.9 Å². The van der Waals surface area contributed by atoms with Crippen molar-refractivity contribution in [3.8, 4) is 0 Å². The quantitative estimate of drug-likeness (QED) is 0.795. The Bertz CT molecular complexity index is 194. The summed E-state index contributed by atoms with van der Waals surface area (Å²) in [5.41, 5.74) is 5.87. The summed E-state index contributed by atoms with van der Waals surface area (Å²) in [5, 5.41) is 0. The van der Waals surface area contributed by atoms with Crippen LogP contribution in [0.25, 0.3) is 0 Å². The molecule has 2 unspecified atom stereocenters. The van der Waals surface area contributed by atoms with Gasteiger partial charge in [0.15, 0.2) is 0 Å². The standard InChI is InChI=1S/C10H19F3N2/c1-2-15(7-10(11,12)13)9-6-4-3-5-8(9)14/h8-9H,2-7,14H2,1H3. The fraction of sp³-hybridized carbons (Fsp3) is 1.00. The first-order valence-corrected chi connectivity index (χ1v) is 5.50. The van der Waals surface area contributed by atoms with E-state index in [1.807, 2.05) is 0 Å². The molecule has 90 valence electrons. The fourth-order valence-electron chi connectivity index (χ4n) is 2.29. The van der Waals surface area contributed by atoms with Crippen LogP contribution in [-0.4, -0.2) is 36.2 Å². The number of likely N-dealkylation sites (N-methyl/N-ethyl adjacent to an activating group) is 1. The maximum Gasteiger partial charge on any atom is 0.401 e. The van der Waals surface area contributed by atoms with Crippen LogP contribution in [0.1, 0.15) is 32.6 Å². The molecule has 2 N–H and O–H groups in total. The Kier molecular flexibility index (Phi) is 4.40. The van der Waals surface area contributed by atoms with Gasteiger partial charge < -0.3 is 5.73 Å². The molecule has 0 radical (unpaired) electrons. The van der Waals surface area contributed by atoms with Crippen molar-refractivity contribution < 1.29 is 13.2 Å². The molecular weight excluding hydrogens is 205 g/mol. The lowest BCUT2D eigenvalue weighted by molar-refractivity contribution is -0.152. The molecule has 1 aliphatic rings. The van der Waals surface area contributed by atoms with Gasteiger partial charge in [0.25, 0.3) is 0 Å². The number of hydrogen-bond acceptors (Lipinski definition) is 2. The van der Waals surface area contributed by atoms with Gasteiger partial charge in [0.2, 0.25) is 0 Å². The SMILES string of the molecule is CCN(CC(F)(F)F)C1CCCCC1N. The zero-order valence-corrected chi connectivity index (χ0v) is 9.06. The number of hydrogen-bond donors (Lipinski definition) is 1. The summed E-state index contributed by atoms with van der Waals surface area (Å²) in [4.78, 5) is 1.46. The maximum absolute atomic E-state index is 12.3. The lowest BCUT2D eigenvalue weighted by Gasteiger charge is -2.38. The van der Waals surface area contributed by atoms with Gasteiger partial charge >= 0.3 is 6.18 Å². The van der Waals surface area contributed by atoms with Gasteiger partial charge in [-0.3, -0.25) is 4.90 Å². The van der Waals surface area contributed by atoms with Gasteiger partial charge in [-0.1, -0.05) is 19.8 Å². The Morgan fingerprint density at radius 3 is 2.33 bits per heavy atom. The minimum atomic E-state index is -4.12. The van der Waals surface area contributed by atoms with Crippen LogP contribution in [0.4, 0.5) is 13.2 Å². The lowest BCUT2D eigenvalue weighted by atomic mass is 9.90. The summed E-state index contributed by atoms with van der Waals surface area (Å²) in [6.07, 6.45) is -0.439. The van der Waals surface area contributed by atoms with Crippen molar-refractivity contribution in [1.29, 1.82) is 0 Å². The van der Waals surface area contributed by atoms with E-state index in [1.165, 1.54) is 4.90 Å². The average molecular weight is 224 g/mol. The Morgan fingerprint density at radius 1 is 1.27 bits per heavy atom. The van der Waals surface area contributed by atoms with Crippen molar-refractivity contribution >= 4 is 0 Å². The number of rotatable bonds is 3. The molecule has 0 bridgehead atoms. The van der Waals surface area contributed by atoms with Gasteiger partial charge in [0, 0.05) is 12.1 Å². The van der Waals surface area contributed by atoms with E-state index < -0.39 is 12.7 Å². The molecule has 0 aromatic heterocycles. The smallest absolute Gasteiger partial charge is 0.326 e. The molecular formula is C10H19F3N2. The Morgan fingerprint density at radius 2 is 1.87 bits per heavy atom. The summed E-state index contributed by atoms with van der Waals surface area (Å²) < 4.78 is 36.9. The van der Waals surface area contributed by atoms with Crippen molar-refractivity contribution in [1.82, 2.24) is 4.90 Å². The summed E-state index contributed by atoms with van der Waals surface area (Å²) in [5.74, 6) is 0. The molecule has 0 spiro atoms. The summed E-state index contributed by atoms with van der Waals surface area (Å²) >= 11 is 0. The molecule has 0 aromatic rings. The second-order valence-electron chi connectivity index (χ2n) is 4.19. The van der Waals surface area contributed by atoms with E-state index in [2.05, 4.69) is 0 Å². The van der Waals surface area contributed by atoms with Crippen LogP contribution in [0.15, 0.2) is 0 Å². The summed E-state index contributed by atoms with van der Waals surface area (Å²) in [6.45, 7) is 1.34. The van der Waals surface area contributed by atoms with E-state index in [0.29, 0.717) is 6.54 Å². The molecule has 0 aliphatic heterocycles. The zero-order valence-electron chi connectivity index (χ0n) is 9.06. The average Bonchev–Trinajstić information content (AvgIpc) is 2.14. The molecule has 15 heavy (non-hydrogen) atoms. The molecule has 0 aromatic carbocycles. The predicted molar refractivity (Wildman–Crippen MR) is 53.5 cm³/mol. The minimum Gasteiger partial charge on any atom is -0.326 e. The molecule has 1 aliphatic carbocycles. The lowest BCUT2D eigenvalue weighted by Crippen LogP contribution is -2.52. The highest BCUT2D eigenvalue weighted by Gasteiger charge is 2.35. The van der Waals surface area contributed by atoms with Crippen LogP contribution in [0.5, 0.6) is 0 Å². The van der Waals surface area contributed by atoms with Gasteiger partial charge in [0.05, 0.1) is 6.54 Å². The van der Waals surface area contributed by atoms with Crippen molar-refractivity contribution in [2.24, 2.45) is 5.73 Å². The highest BCUT2D eigenvalue weighted by molar-refractivity contribution is 4.86. The second-order valence-corrected chi connectivity index (χ2v) is 4.19. The first kappa shape index (κ1) is 12.8. The Balaban J connectivity index is 2.56. The monoisotopic (exact) mass is 224 g/mol. The second kappa shape index (κ2) is 5.16. The van der Waals surface area contributed by atoms with Crippen LogP contribution in [0.2, 0.25) is 0 Å². The molecule has 1 rings (SSSR count). The highest BCUT2D eigenvalue weighted by Crippen LogP contribution is 2.25. The van der Waals surface area contributed by atoms with Gasteiger partial charge in [-0.15, -0.1) is 0 Å². The van der Waals surface area contributed by atoms with Crippen molar-refractivity contribution in [3.63, 3.8) is 0 Å². The number of nitrogens with two attached hydrogens (primary N) is 1. The normalized spacial score (nSPS) is 28.4. The van der Waals surface area contributed by atoms with E-state index >= 15 is 0 Å². The molecule has 2 nitrogen and oxygen atoms in total. The fourth-order valence-corrected chi connectivity index (χ4v) is 2.29. The predicted octanol–water partition coefficient (Wildman–Crippen LogP) is 2.14. The molecule has 1 fully saturated rings. The Labute approximate surface area is 88.6 Å².